The Morgan fingerprint density at radius 1 is 1.15 bits per heavy atom. The van der Waals surface area contributed by atoms with Crippen molar-refractivity contribution in [1.29, 1.82) is 0 Å². The van der Waals surface area contributed by atoms with Crippen molar-refractivity contribution < 1.29 is 13.2 Å². The molecule has 2 heterocycles. The van der Waals surface area contributed by atoms with E-state index in [9.17, 15) is 13.2 Å². The Bertz CT molecular complexity index is 904. The largest absolute Gasteiger partial charge is 0.332 e. The summed E-state index contributed by atoms with van der Waals surface area (Å²) < 4.78 is 23.5. The van der Waals surface area contributed by atoms with Crippen LogP contribution < -0.4 is 0 Å². The number of benzene rings is 1. The molecule has 26 heavy (non-hydrogen) atoms. The van der Waals surface area contributed by atoms with E-state index in [-0.39, 0.29) is 17.4 Å². The summed E-state index contributed by atoms with van der Waals surface area (Å²) in [5, 5.41) is 0.859. The van der Waals surface area contributed by atoms with Gasteiger partial charge in [-0.2, -0.15) is 0 Å². The van der Waals surface area contributed by atoms with E-state index in [2.05, 4.69) is 4.98 Å². The molecule has 1 fully saturated rings. The monoisotopic (exact) mass is 412 g/mol. The maximum atomic E-state index is 13.0. The number of hydrogen-bond donors (Lipinski definition) is 0. The zero-order chi connectivity index (χ0) is 18.7. The molecule has 1 aromatic carbocycles. The van der Waals surface area contributed by atoms with Gasteiger partial charge in [-0.05, 0) is 36.2 Å². The summed E-state index contributed by atoms with van der Waals surface area (Å²) in [6, 6.07) is 10.7. The Morgan fingerprint density at radius 2 is 1.96 bits per heavy atom. The fourth-order valence-corrected chi connectivity index (χ4v) is 5.06. The minimum absolute atomic E-state index is 0.0631. The van der Waals surface area contributed by atoms with E-state index in [1.54, 1.807) is 35.4 Å². The predicted molar refractivity (Wildman–Crippen MR) is 102 cm³/mol. The second kappa shape index (κ2) is 7.94. The lowest BCUT2D eigenvalue weighted by molar-refractivity contribution is -0.136. The van der Waals surface area contributed by atoms with Crippen molar-refractivity contribution in [1.82, 2.24) is 9.88 Å². The van der Waals surface area contributed by atoms with E-state index >= 15 is 0 Å². The van der Waals surface area contributed by atoms with Crippen LogP contribution in [0.25, 0.3) is 0 Å². The highest BCUT2D eigenvalue weighted by molar-refractivity contribution is 7.91. The van der Waals surface area contributed by atoms with Gasteiger partial charge in [0.15, 0.2) is 9.84 Å². The van der Waals surface area contributed by atoms with E-state index in [4.69, 9.17) is 23.2 Å². The molecule has 0 aliphatic carbocycles. The van der Waals surface area contributed by atoms with Gasteiger partial charge in [-0.1, -0.05) is 35.3 Å². The Labute approximate surface area is 162 Å². The number of aromatic nitrogens is 1. The van der Waals surface area contributed by atoms with Crippen LogP contribution in [0.1, 0.15) is 17.7 Å². The second-order valence-electron chi connectivity index (χ2n) is 6.36. The van der Waals surface area contributed by atoms with Crippen molar-refractivity contribution in [2.45, 2.75) is 19.5 Å². The molecule has 0 unspecified atom stereocenters. The molecular weight excluding hydrogens is 395 g/mol. The van der Waals surface area contributed by atoms with Gasteiger partial charge in [-0.25, -0.2) is 8.42 Å². The molecule has 0 N–H and O–H groups in total. The highest BCUT2D eigenvalue weighted by atomic mass is 35.5. The molecule has 1 aromatic heterocycles. The number of sulfone groups is 1. The summed E-state index contributed by atoms with van der Waals surface area (Å²) in [5.74, 6) is -0.714. The molecule has 5 nitrogen and oxygen atoms in total. The molecule has 2 aromatic rings. The lowest BCUT2D eigenvalue weighted by Gasteiger charge is -2.25. The first-order chi connectivity index (χ1) is 12.3. The Hall–Kier alpha value is -1.63. The third-order valence-electron chi connectivity index (χ3n) is 4.33. The maximum Gasteiger partial charge on any atom is 0.227 e. The molecule has 1 aliphatic heterocycles. The van der Waals surface area contributed by atoms with Gasteiger partial charge in [-0.15, -0.1) is 0 Å². The molecule has 138 valence electrons. The van der Waals surface area contributed by atoms with Crippen LogP contribution in [0.5, 0.6) is 0 Å². The summed E-state index contributed by atoms with van der Waals surface area (Å²) in [6.45, 7) is 0.610. The average Bonchev–Trinajstić information content (AvgIpc) is 2.98. The van der Waals surface area contributed by atoms with E-state index in [1.165, 1.54) is 0 Å². The molecule has 0 saturated carbocycles. The van der Waals surface area contributed by atoms with Crippen LogP contribution in [0.3, 0.4) is 0 Å². The van der Waals surface area contributed by atoms with Crippen LogP contribution in [-0.4, -0.2) is 35.7 Å². The highest BCUT2D eigenvalue weighted by Gasteiger charge is 2.35. The van der Waals surface area contributed by atoms with Gasteiger partial charge in [0.1, 0.15) is 0 Å². The van der Waals surface area contributed by atoms with E-state index in [0.717, 1.165) is 11.3 Å². The third kappa shape index (κ3) is 4.75. The summed E-state index contributed by atoms with van der Waals surface area (Å²) in [4.78, 5) is 18.9. The Kier molecular flexibility index (Phi) is 5.85. The lowest BCUT2D eigenvalue weighted by atomic mass is 10.1. The van der Waals surface area contributed by atoms with Crippen LogP contribution in [0, 0.1) is 5.92 Å². The maximum absolute atomic E-state index is 13.0. The molecule has 8 heteroatoms. The fraction of sp³-hybridized carbons (Fsp3) is 0.333. The summed E-state index contributed by atoms with van der Waals surface area (Å²) >= 11 is 12.0. The first-order valence-corrected chi connectivity index (χ1v) is 10.7. The normalized spacial score (nSPS) is 18.6. The number of pyridine rings is 1. The van der Waals surface area contributed by atoms with Gasteiger partial charge in [0, 0.05) is 12.7 Å². The van der Waals surface area contributed by atoms with Gasteiger partial charge in [-0.3, -0.25) is 9.78 Å². The molecule has 0 bridgehead atoms. The number of carbonyl (C=O) groups excluding carboxylic acids is 1. The van der Waals surface area contributed by atoms with Crippen LogP contribution in [0.15, 0.2) is 42.6 Å². The van der Waals surface area contributed by atoms with E-state index in [0.29, 0.717) is 29.6 Å². The SMILES string of the molecule is O=C([C@H]1CCS(=O)(=O)C1)N(Cc1ccc(Cl)c(Cl)c1)Cc1ccccn1. The standard InChI is InChI=1S/C18H18Cl2N2O3S/c19-16-5-4-13(9-17(16)20)10-22(11-15-3-1-2-7-21-15)18(23)14-6-8-26(24,25)12-14/h1-5,7,9,14H,6,8,10-12H2/t14-/m0/s1. The predicted octanol–water partition coefficient (Wildman–Crippen LogP) is 3.35. The van der Waals surface area contributed by atoms with Gasteiger partial charge < -0.3 is 4.90 Å². The molecule has 3 rings (SSSR count). The van der Waals surface area contributed by atoms with Gasteiger partial charge >= 0.3 is 0 Å². The number of amides is 1. The molecule has 1 aliphatic rings. The van der Waals surface area contributed by atoms with Crippen molar-refractivity contribution in [3.63, 3.8) is 0 Å². The van der Waals surface area contributed by atoms with Crippen molar-refractivity contribution in [2.75, 3.05) is 11.5 Å². The first kappa shape index (κ1) is 19.1. The van der Waals surface area contributed by atoms with Gasteiger partial charge in [0.2, 0.25) is 5.91 Å². The fourth-order valence-electron chi connectivity index (χ4n) is 3.01. The van der Waals surface area contributed by atoms with Crippen molar-refractivity contribution >= 4 is 38.9 Å². The smallest absolute Gasteiger partial charge is 0.227 e. The molecular formula is C18H18Cl2N2O3S. The highest BCUT2D eigenvalue weighted by Crippen LogP contribution is 2.26. The summed E-state index contributed by atoms with van der Waals surface area (Å²) in [7, 11) is -3.13. The molecule has 1 saturated heterocycles. The number of carbonyl (C=O) groups is 1. The van der Waals surface area contributed by atoms with Gasteiger partial charge in [0.05, 0.1) is 39.7 Å². The minimum Gasteiger partial charge on any atom is -0.332 e. The average molecular weight is 413 g/mol. The zero-order valence-electron chi connectivity index (χ0n) is 13.9. The Morgan fingerprint density at radius 3 is 2.58 bits per heavy atom. The van der Waals surface area contributed by atoms with Crippen LogP contribution >= 0.6 is 23.2 Å². The quantitative estimate of drug-likeness (QED) is 0.754. The lowest BCUT2D eigenvalue weighted by Crippen LogP contribution is -2.36. The molecule has 0 spiro atoms. The van der Waals surface area contributed by atoms with Crippen LogP contribution in [0.2, 0.25) is 10.0 Å². The van der Waals surface area contributed by atoms with E-state index < -0.39 is 15.8 Å². The number of hydrogen-bond acceptors (Lipinski definition) is 4. The van der Waals surface area contributed by atoms with Crippen molar-refractivity contribution in [3.05, 3.63) is 63.9 Å². The van der Waals surface area contributed by atoms with Crippen molar-refractivity contribution in [2.24, 2.45) is 5.92 Å². The van der Waals surface area contributed by atoms with Crippen molar-refractivity contribution in [3.8, 4) is 0 Å². The third-order valence-corrected chi connectivity index (χ3v) is 6.84. The Balaban J connectivity index is 1.83. The number of nitrogens with zero attached hydrogens (tertiary/aromatic N) is 2. The molecule has 1 amide bonds. The topological polar surface area (TPSA) is 67.3 Å². The van der Waals surface area contributed by atoms with Gasteiger partial charge in [0.25, 0.3) is 0 Å². The van der Waals surface area contributed by atoms with Crippen LogP contribution in [-0.2, 0) is 27.7 Å². The number of rotatable bonds is 5. The number of halogens is 2. The zero-order valence-corrected chi connectivity index (χ0v) is 16.3. The molecule has 1 atom stereocenters. The summed E-state index contributed by atoms with van der Waals surface area (Å²) in [5.41, 5.74) is 1.56. The van der Waals surface area contributed by atoms with E-state index in [1.807, 2.05) is 12.1 Å². The second-order valence-corrected chi connectivity index (χ2v) is 9.41. The van der Waals surface area contributed by atoms with Crippen LogP contribution in [0.4, 0.5) is 0 Å². The summed E-state index contributed by atoms with van der Waals surface area (Å²) in [6.07, 6.45) is 2.03. The minimum atomic E-state index is -3.13. The first-order valence-electron chi connectivity index (χ1n) is 8.17. The molecule has 0 radical (unpaired) electrons.